The molecule has 2 aromatic carbocycles. The molecule has 3 aromatic rings. The molecular formula is C25H21Cl2F3N4O2S. The molecule has 37 heavy (non-hydrogen) atoms. The van der Waals surface area contributed by atoms with Crippen molar-refractivity contribution in [3.8, 4) is 0 Å². The molecule has 0 N–H and O–H groups in total. The van der Waals surface area contributed by atoms with E-state index < -0.39 is 11.7 Å². The number of carbonyl (C=O) groups is 2. The molecule has 2 aliphatic rings. The summed E-state index contributed by atoms with van der Waals surface area (Å²) in [7, 11) is 1.99. The van der Waals surface area contributed by atoms with Gasteiger partial charge in [0.1, 0.15) is 0 Å². The van der Waals surface area contributed by atoms with Gasteiger partial charge in [0.15, 0.2) is 5.15 Å². The Morgan fingerprint density at radius 2 is 1.95 bits per heavy atom. The standard InChI is InChI=1S/C25H21Cl2F3N4O2S/c1-32-8-2-3-17(32)13-33-23(35)21(37-24(33)36)10-14-4-7-20-18(9-14)22(27)31-34(20)12-15-5-6-16(26)11-19(15)25(28,29)30/h4-7,9-11,17H,2-3,8,12-13H2,1H3/t17-/m0/s1. The van der Waals surface area contributed by atoms with Crippen LogP contribution in [0.15, 0.2) is 41.3 Å². The van der Waals surface area contributed by atoms with Crippen molar-refractivity contribution in [1.29, 1.82) is 0 Å². The van der Waals surface area contributed by atoms with Crippen molar-refractivity contribution >= 4 is 63.1 Å². The van der Waals surface area contributed by atoms with Crippen LogP contribution >= 0.6 is 35.0 Å². The lowest BCUT2D eigenvalue weighted by Gasteiger charge is -2.23. The number of nitrogens with zero attached hydrogens (tertiary/aromatic N) is 4. The van der Waals surface area contributed by atoms with E-state index >= 15 is 0 Å². The van der Waals surface area contributed by atoms with Gasteiger partial charge in [0, 0.05) is 23.0 Å². The number of rotatable bonds is 5. The summed E-state index contributed by atoms with van der Waals surface area (Å²) >= 11 is 13.0. The molecule has 0 saturated carbocycles. The quantitative estimate of drug-likeness (QED) is 0.327. The van der Waals surface area contributed by atoms with Crippen LogP contribution in [-0.2, 0) is 17.5 Å². The number of hydrogen-bond acceptors (Lipinski definition) is 5. The highest BCUT2D eigenvalue weighted by Crippen LogP contribution is 2.36. The third-order valence-electron chi connectivity index (χ3n) is 6.66. The smallest absolute Gasteiger partial charge is 0.302 e. The molecule has 1 aromatic heterocycles. The Bertz CT molecular complexity index is 1440. The number of likely N-dealkylation sites (tertiary alicyclic amines) is 1. The molecule has 2 amide bonds. The van der Waals surface area contributed by atoms with E-state index in [4.69, 9.17) is 23.2 Å². The second-order valence-electron chi connectivity index (χ2n) is 9.09. The Morgan fingerprint density at radius 3 is 2.65 bits per heavy atom. The van der Waals surface area contributed by atoms with E-state index in [-0.39, 0.29) is 39.5 Å². The summed E-state index contributed by atoms with van der Waals surface area (Å²) in [6.45, 7) is 1.14. The number of amides is 2. The topological polar surface area (TPSA) is 58.4 Å². The van der Waals surface area contributed by atoms with Crippen LogP contribution in [0.3, 0.4) is 0 Å². The second-order valence-corrected chi connectivity index (χ2v) is 10.9. The number of benzene rings is 2. The zero-order chi connectivity index (χ0) is 26.5. The minimum Gasteiger partial charge on any atom is -0.302 e. The first-order chi connectivity index (χ1) is 17.5. The van der Waals surface area contributed by atoms with Gasteiger partial charge in [-0.2, -0.15) is 18.3 Å². The predicted molar refractivity (Wildman–Crippen MR) is 139 cm³/mol. The molecule has 0 aliphatic carbocycles. The minimum absolute atomic E-state index is 0.00336. The van der Waals surface area contributed by atoms with Gasteiger partial charge in [-0.15, -0.1) is 0 Å². The van der Waals surface area contributed by atoms with E-state index in [0.717, 1.165) is 37.2 Å². The van der Waals surface area contributed by atoms with Crippen molar-refractivity contribution < 1.29 is 22.8 Å². The number of halogens is 5. The first kappa shape index (κ1) is 26.1. The van der Waals surface area contributed by atoms with Crippen molar-refractivity contribution in [1.82, 2.24) is 19.6 Å². The molecule has 0 radical (unpaired) electrons. The molecule has 5 rings (SSSR count). The van der Waals surface area contributed by atoms with Crippen LogP contribution in [0, 0.1) is 0 Å². The van der Waals surface area contributed by atoms with Crippen molar-refractivity contribution in [3.05, 3.63) is 68.2 Å². The third-order valence-corrected chi connectivity index (χ3v) is 8.08. The summed E-state index contributed by atoms with van der Waals surface area (Å²) in [4.78, 5) is 29.2. The summed E-state index contributed by atoms with van der Waals surface area (Å²) < 4.78 is 42.0. The number of hydrogen-bond donors (Lipinski definition) is 0. The lowest BCUT2D eigenvalue weighted by Crippen LogP contribution is -2.40. The van der Waals surface area contributed by atoms with E-state index in [0.29, 0.717) is 27.9 Å². The molecule has 194 valence electrons. The van der Waals surface area contributed by atoms with Crippen LogP contribution in [-0.4, -0.2) is 56.9 Å². The van der Waals surface area contributed by atoms with Gasteiger partial charge in [0.25, 0.3) is 11.1 Å². The van der Waals surface area contributed by atoms with Crippen molar-refractivity contribution in [3.63, 3.8) is 0 Å². The zero-order valence-electron chi connectivity index (χ0n) is 19.6. The predicted octanol–water partition coefficient (Wildman–Crippen LogP) is 6.54. The highest BCUT2D eigenvalue weighted by molar-refractivity contribution is 8.18. The van der Waals surface area contributed by atoms with Gasteiger partial charge in [-0.1, -0.05) is 35.3 Å². The van der Waals surface area contributed by atoms with Crippen LogP contribution in [0.5, 0.6) is 0 Å². The average Bonchev–Trinajstić information content (AvgIpc) is 3.46. The number of likely N-dealkylation sites (N-methyl/N-ethyl adjacent to an activating group) is 1. The van der Waals surface area contributed by atoms with Gasteiger partial charge in [-0.3, -0.25) is 19.2 Å². The molecule has 0 unspecified atom stereocenters. The van der Waals surface area contributed by atoms with E-state index in [9.17, 15) is 22.8 Å². The lowest BCUT2D eigenvalue weighted by molar-refractivity contribution is -0.138. The lowest BCUT2D eigenvalue weighted by atomic mass is 10.1. The molecular weight excluding hydrogens is 548 g/mol. The summed E-state index contributed by atoms with van der Waals surface area (Å²) in [6.07, 6.45) is -0.970. The van der Waals surface area contributed by atoms with Gasteiger partial charge in [-0.05, 0) is 79.7 Å². The number of alkyl halides is 3. The summed E-state index contributed by atoms with van der Waals surface area (Å²) in [5.74, 6) is -0.334. The Labute approximate surface area is 225 Å². The van der Waals surface area contributed by atoms with Gasteiger partial charge < -0.3 is 4.90 Å². The number of thioether (sulfide) groups is 1. The number of imide groups is 1. The Hall–Kier alpha value is -2.53. The Morgan fingerprint density at radius 1 is 1.16 bits per heavy atom. The molecule has 2 aliphatic heterocycles. The van der Waals surface area contributed by atoms with Gasteiger partial charge in [0.05, 0.1) is 22.5 Å². The fraction of sp³-hybridized carbons (Fsp3) is 0.320. The van der Waals surface area contributed by atoms with Gasteiger partial charge in [0.2, 0.25) is 0 Å². The Balaban J connectivity index is 1.41. The van der Waals surface area contributed by atoms with Crippen LogP contribution in [0.1, 0.15) is 29.5 Å². The van der Waals surface area contributed by atoms with Gasteiger partial charge >= 0.3 is 6.18 Å². The van der Waals surface area contributed by atoms with Gasteiger partial charge in [-0.25, -0.2) is 0 Å². The number of aromatic nitrogens is 2. The molecule has 0 spiro atoms. The van der Waals surface area contributed by atoms with Crippen LogP contribution in [0.4, 0.5) is 18.0 Å². The summed E-state index contributed by atoms with van der Waals surface area (Å²) in [5, 5.41) is 4.55. The van der Waals surface area contributed by atoms with E-state index in [1.165, 1.54) is 21.7 Å². The summed E-state index contributed by atoms with van der Waals surface area (Å²) in [6, 6.07) is 8.86. The maximum absolute atomic E-state index is 13.5. The zero-order valence-corrected chi connectivity index (χ0v) is 21.9. The van der Waals surface area contributed by atoms with E-state index in [1.807, 2.05) is 7.05 Å². The molecule has 2 saturated heterocycles. The second kappa shape index (κ2) is 9.98. The van der Waals surface area contributed by atoms with Crippen molar-refractivity contribution in [2.24, 2.45) is 0 Å². The Kier molecular flexibility index (Phi) is 7.04. The average molecular weight is 569 g/mol. The largest absolute Gasteiger partial charge is 0.416 e. The van der Waals surface area contributed by atoms with Crippen LogP contribution in [0.25, 0.3) is 17.0 Å². The van der Waals surface area contributed by atoms with Crippen LogP contribution < -0.4 is 0 Å². The maximum Gasteiger partial charge on any atom is 0.416 e. The van der Waals surface area contributed by atoms with Crippen molar-refractivity contribution in [2.45, 2.75) is 31.6 Å². The summed E-state index contributed by atoms with van der Waals surface area (Å²) in [5.41, 5.74) is 0.321. The maximum atomic E-state index is 13.5. The molecule has 1 atom stereocenters. The minimum atomic E-state index is -4.57. The fourth-order valence-corrected chi connectivity index (χ4v) is 5.97. The monoisotopic (exact) mass is 568 g/mol. The molecule has 2 fully saturated rings. The van der Waals surface area contributed by atoms with Crippen LogP contribution in [0.2, 0.25) is 10.2 Å². The number of carbonyl (C=O) groups excluding carboxylic acids is 2. The van der Waals surface area contributed by atoms with E-state index in [1.54, 1.807) is 24.3 Å². The van der Waals surface area contributed by atoms with E-state index in [2.05, 4.69) is 10.00 Å². The number of fused-ring (bicyclic) bond motifs is 1. The highest BCUT2D eigenvalue weighted by Gasteiger charge is 2.38. The first-order valence-electron chi connectivity index (χ1n) is 11.5. The third kappa shape index (κ3) is 5.25. The molecule has 0 bridgehead atoms. The van der Waals surface area contributed by atoms with Crippen molar-refractivity contribution in [2.75, 3.05) is 20.1 Å². The normalized spacial score (nSPS) is 20.2. The SMILES string of the molecule is CN1CCC[C@H]1CN1C(=O)SC(=Cc2ccc3c(c2)c(Cl)nn3Cc2ccc(Cl)cc2C(F)(F)F)C1=O. The molecule has 6 nitrogen and oxygen atoms in total. The molecule has 3 heterocycles. The fourth-order valence-electron chi connectivity index (χ4n) is 4.71. The first-order valence-corrected chi connectivity index (χ1v) is 13.1. The molecule has 12 heteroatoms. The highest BCUT2D eigenvalue weighted by atomic mass is 35.5.